The molecule has 12 heteroatoms. The lowest BCUT2D eigenvalue weighted by Crippen LogP contribution is -2.41. The standard InChI is InChI=1S/C22H24ClN3O7S/c1-32-11-15(9-13-5-3-2-4-6-13)26-18-17(19(28)20(18)29)25-10-14-7-8-16(23)22(34(24,30)31)21(14)33-12-27/h2-8,15,25-27H,9-12H2,1H3,(H2,24,30,31). The first-order chi connectivity index (χ1) is 16.2. The minimum Gasteiger partial charge on any atom is -0.466 e. The SMILES string of the molecule is COCC(Cc1ccccc1)Nc1c(NCc2ccc(Cl)c(S(N)(=O)=O)c2OCO)c(=O)c1=O. The monoisotopic (exact) mass is 509 g/mol. The van der Waals surface area contributed by atoms with Gasteiger partial charge in [-0.05, 0) is 18.1 Å². The van der Waals surface area contributed by atoms with Gasteiger partial charge in [-0.25, -0.2) is 13.6 Å². The van der Waals surface area contributed by atoms with Crippen LogP contribution in [0.15, 0.2) is 56.9 Å². The number of hydrogen-bond donors (Lipinski definition) is 4. The van der Waals surface area contributed by atoms with Crippen LogP contribution in [0.25, 0.3) is 0 Å². The Kier molecular flexibility index (Phi) is 8.28. The average Bonchev–Trinajstić information content (AvgIpc) is 2.79. The van der Waals surface area contributed by atoms with Crippen LogP contribution in [-0.2, 0) is 27.7 Å². The van der Waals surface area contributed by atoms with Gasteiger partial charge in [0.1, 0.15) is 22.0 Å². The third-order valence-electron chi connectivity index (χ3n) is 5.05. The molecule has 0 spiro atoms. The molecule has 10 nitrogen and oxygen atoms in total. The maximum absolute atomic E-state index is 12.3. The first-order valence-electron chi connectivity index (χ1n) is 10.1. The summed E-state index contributed by atoms with van der Waals surface area (Å²) < 4.78 is 34.3. The smallest absolute Gasteiger partial charge is 0.253 e. The van der Waals surface area contributed by atoms with Gasteiger partial charge < -0.3 is 25.2 Å². The largest absolute Gasteiger partial charge is 0.466 e. The molecule has 3 aromatic carbocycles. The van der Waals surface area contributed by atoms with Crippen LogP contribution in [0.5, 0.6) is 5.75 Å². The summed E-state index contributed by atoms with van der Waals surface area (Å²) in [6.07, 6.45) is 0.552. The number of nitrogens with two attached hydrogens (primary N) is 1. The Hall–Kier alpha value is -2.96. The Balaban J connectivity index is 1.84. The molecule has 0 aromatic heterocycles. The molecule has 0 bridgehead atoms. The van der Waals surface area contributed by atoms with Gasteiger partial charge in [0, 0.05) is 19.2 Å². The number of primary sulfonamides is 1. The zero-order valence-electron chi connectivity index (χ0n) is 18.2. The molecule has 0 saturated carbocycles. The van der Waals surface area contributed by atoms with Gasteiger partial charge in [0.15, 0.2) is 6.79 Å². The number of nitrogens with one attached hydrogen (secondary N) is 2. The molecule has 3 aromatic rings. The zero-order chi connectivity index (χ0) is 24.9. The molecule has 5 N–H and O–H groups in total. The Morgan fingerprint density at radius 3 is 2.38 bits per heavy atom. The van der Waals surface area contributed by atoms with Gasteiger partial charge in [0.05, 0.1) is 17.7 Å². The van der Waals surface area contributed by atoms with Crippen LogP contribution in [0.4, 0.5) is 11.4 Å². The van der Waals surface area contributed by atoms with E-state index in [-0.39, 0.29) is 46.9 Å². The maximum atomic E-state index is 12.3. The van der Waals surface area contributed by atoms with Gasteiger partial charge in [-0.15, -0.1) is 0 Å². The number of rotatable bonds is 12. The fourth-order valence-electron chi connectivity index (χ4n) is 3.54. The quantitative estimate of drug-likeness (QED) is 0.208. The van der Waals surface area contributed by atoms with E-state index in [4.69, 9.17) is 26.2 Å². The van der Waals surface area contributed by atoms with Crippen LogP contribution in [0.1, 0.15) is 11.1 Å². The Labute approximate surface area is 201 Å². The molecule has 182 valence electrons. The molecule has 1 atom stereocenters. The number of aliphatic hydroxyl groups is 1. The molecule has 0 aliphatic carbocycles. The van der Waals surface area contributed by atoms with Crippen molar-refractivity contribution in [3.8, 4) is 5.75 Å². The van der Waals surface area contributed by atoms with Gasteiger partial charge in [0.2, 0.25) is 10.0 Å². The summed E-state index contributed by atoms with van der Waals surface area (Å²) in [6, 6.07) is 12.1. The highest BCUT2D eigenvalue weighted by molar-refractivity contribution is 7.89. The Morgan fingerprint density at radius 2 is 1.76 bits per heavy atom. The molecule has 0 fully saturated rings. The van der Waals surface area contributed by atoms with Crippen LogP contribution in [-0.4, -0.2) is 40.1 Å². The van der Waals surface area contributed by atoms with Crippen LogP contribution < -0.4 is 31.4 Å². The predicted octanol–water partition coefficient (Wildman–Crippen LogP) is 1.19. The molecule has 3 rings (SSSR count). The number of methoxy groups -OCH3 is 1. The molecule has 0 aliphatic rings. The topological polar surface area (TPSA) is 157 Å². The minimum absolute atomic E-state index is 0.0428. The first-order valence-corrected chi connectivity index (χ1v) is 12.0. The van der Waals surface area contributed by atoms with Gasteiger partial charge in [-0.3, -0.25) is 9.59 Å². The molecule has 0 amide bonds. The van der Waals surface area contributed by atoms with E-state index in [1.807, 2.05) is 30.3 Å². The second-order valence-corrected chi connectivity index (χ2v) is 9.34. The van der Waals surface area contributed by atoms with Crippen LogP contribution in [0, 0.1) is 0 Å². The summed E-state index contributed by atoms with van der Waals surface area (Å²) >= 11 is 5.97. The van der Waals surface area contributed by atoms with Crippen LogP contribution in [0.2, 0.25) is 5.02 Å². The number of halogens is 1. The molecule has 0 aliphatic heterocycles. The highest BCUT2D eigenvalue weighted by atomic mass is 35.5. The summed E-state index contributed by atoms with van der Waals surface area (Å²) in [7, 11) is -2.74. The molecule has 0 saturated heterocycles. The second-order valence-electron chi connectivity index (χ2n) is 7.43. The number of anilines is 2. The molecular weight excluding hydrogens is 486 g/mol. The van der Waals surface area contributed by atoms with E-state index >= 15 is 0 Å². The Morgan fingerprint density at radius 1 is 1.09 bits per heavy atom. The van der Waals surface area contributed by atoms with Gasteiger partial charge in [0.25, 0.3) is 10.9 Å². The van der Waals surface area contributed by atoms with Gasteiger partial charge >= 0.3 is 0 Å². The molecule has 0 radical (unpaired) electrons. The number of sulfonamides is 1. The van der Waals surface area contributed by atoms with Crippen LogP contribution >= 0.6 is 11.6 Å². The van der Waals surface area contributed by atoms with Crippen molar-refractivity contribution in [1.29, 1.82) is 0 Å². The molecule has 34 heavy (non-hydrogen) atoms. The van der Waals surface area contributed by atoms with Crippen molar-refractivity contribution in [2.24, 2.45) is 5.14 Å². The lowest BCUT2D eigenvalue weighted by atomic mass is 10.0. The van der Waals surface area contributed by atoms with Crippen molar-refractivity contribution in [2.75, 3.05) is 31.1 Å². The van der Waals surface area contributed by atoms with Crippen molar-refractivity contribution in [2.45, 2.75) is 23.9 Å². The summed E-state index contributed by atoms with van der Waals surface area (Å²) in [6.45, 7) is -0.653. The second kappa shape index (κ2) is 11.0. The minimum atomic E-state index is -4.28. The van der Waals surface area contributed by atoms with Crippen molar-refractivity contribution >= 4 is 33.0 Å². The van der Waals surface area contributed by atoms with E-state index in [2.05, 4.69) is 10.6 Å². The molecule has 1 unspecified atom stereocenters. The summed E-state index contributed by atoms with van der Waals surface area (Å²) in [4.78, 5) is 24.0. The zero-order valence-corrected chi connectivity index (χ0v) is 19.8. The highest BCUT2D eigenvalue weighted by Crippen LogP contribution is 2.34. The fraction of sp³-hybridized carbons (Fsp3) is 0.273. The van der Waals surface area contributed by atoms with Gasteiger partial charge in [-0.1, -0.05) is 48.0 Å². The van der Waals surface area contributed by atoms with Crippen LogP contribution in [0.3, 0.4) is 0 Å². The average molecular weight is 510 g/mol. The molecular formula is C22H24ClN3O7S. The van der Waals surface area contributed by atoms with Crippen molar-refractivity contribution in [3.05, 3.63) is 79.1 Å². The Bertz CT molecular complexity index is 1320. The highest BCUT2D eigenvalue weighted by Gasteiger charge is 2.26. The van der Waals surface area contributed by atoms with E-state index in [0.717, 1.165) is 5.56 Å². The summed E-state index contributed by atoms with van der Waals surface area (Å²) in [5, 5.41) is 20.2. The predicted molar refractivity (Wildman–Crippen MR) is 129 cm³/mol. The van der Waals surface area contributed by atoms with E-state index in [1.165, 1.54) is 19.2 Å². The lowest BCUT2D eigenvalue weighted by molar-refractivity contribution is 0.0948. The van der Waals surface area contributed by atoms with Crippen molar-refractivity contribution in [3.63, 3.8) is 0 Å². The number of hydrogen-bond acceptors (Lipinski definition) is 9. The third-order valence-corrected chi connectivity index (χ3v) is 6.45. The number of benzene rings is 2. The number of aliphatic hydroxyl groups excluding tert-OH is 1. The summed E-state index contributed by atoms with van der Waals surface area (Å²) in [5.41, 5.74) is 0.0230. The van der Waals surface area contributed by atoms with Gasteiger partial charge in [-0.2, -0.15) is 0 Å². The number of ether oxygens (including phenoxy) is 2. The van der Waals surface area contributed by atoms with Crippen molar-refractivity contribution < 1.29 is 23.0 Å². The summed E-state index contributed by atoms with van der Waals surface area (Å²) in [5.74, 6) is -0.250. The van der Waals surface area contributed by atoms with E-state index in [9.17, 15) is 23.1 Å². The maximum Gasteiger partial charge on any atom is 0.253 e. The van der Waals surface area contributed by atoms with E-state index < -0.39 is 32.6 Å². The lowest BCUT2D eigenvalue weighted by Gasteiger charge is -2.23. The van der Waals surface area contributed by atoms with Crippen molar-refractivity contribution in [1.82, 2.24) is 0 Å². The van der Waals surface area contributed by atoms with E-state index in [1.54, 1.807) is 0 Å². The third kappa shape index (κ3) is 5.75. The normalized spacial score (nSPS) is 12.5. The fourth-order valence-corrected chi connectivity index (χ4v) is 4.80. The van der Waals surface area contributed by atoms with E-state index in [0.29, 0.717) is 6.42 Å². The molecule has 0 heterocycles. The first kappa shape index (κ1) is 25.7.